The Morgan fingerprint density at radius 1 is 1.29 bits per heavy atom. The highest BCUT2D eigenvalue weighted by Crippen LogP contribution is 2.43. The Labute approximate surface area is 144 Å². The number of esters is 1. The van der Waals surface area contributed by atoms with Crippen molar-refractivity contribution in [3.63, 3.8) is 0 Å². The molecule has 1 spiro atoms. The van der Waals surface area contributed by atoms with Gasteiger partial charge in [0.05, 0.1) is 19.3 Å². The number of carbonyl (C=O) groups is 1. The van der Waals surface area contributed by atoms with Crippen molar-refractivity contribution in [3.05, 3.63) is 12.7 Å². The number of aliphatic hydroxyl groups excluding tert-OH is 1. The third-order valence-corrected chi connectivity index (χ3v) is 5.94. The summed E-state index contributed by atoms with van der Waals surface area (Å²) in [5.74, 6) is 0.761. The topological polar surface area (TPSA) is 65.0 Å². The van der Waals surface area contributed by atoms with Crippen LogP contribution in [0.1, 0.15) is 51.9 Å². The zero-order valence-electron chi connectivity index (χ0n) is 14.6. The Morgan fingerprint density at radius 2 is 2.04 bits per heavy atom. The fourth-order valence-corrected chi connectivity index (χ4v) is 4.49. The molecule has 5 heteroatoms. The molecule has 3 aliphatic rings. The van der Waals surface area contributed by atoms with E-state index in [1.807, 2.05) is 0 Å². The summed E-state index contributed by atoms with van der Waals surface area (Å²) in [6, 6.07) is 0. The molecule has 1 heterocycles. The standard InChI is InChI=1S/C19H30O5/c1-3-17(21)24-16-10-19(8-7-15(16)20)11-22-18(23-12-19)14-6-4-5-13(2)9-14/h3,13-16,18,20H,1,4-12H2,2H3. The van der Waals surface area contributed by atoms with Crippen LogP contribution in [-0.2, 0) is 19.0 Å². The molecule has 0 aromatic carbocycles. The van der Waals surface area contributed by atoms with Gasteiger partial charge in [-0.25, -0.2) is 4.79 Å². The van der Waals surface area contributed by atoms with Gasteiger partial charge >= 0.3 is 5.97 Å². The lowest BCUT2D eigenvalue weighted by Crippen LogP contribution is -2.51. The maximum absolute atomic E-state index is 11.5. The Morgan fingerprint density at radius 3 is 2.71 bits per heavy atom. The molecular formula is C19H30O5. The number of aliphatic hydroxyl groups is 1. The highest BCUT2D eigenvalue weighted by atomic mass is 16.7. The highest BCUT2D eigenvalue weighted by Gasteiger charge is 2.46. The molecule has 3 rings (SSSR count). The molecule has 1 aliphatic heterocycles. The zero-order valence-corrected chi connectivity index (χ0v) is 14.6. The maximum Gasteiger partial charge on any atom is 0.330 e. The van der Waals surface area contributed by atoms with Crippen molar-refractivity contribution in [3.8, 4) is 0 Å². The Kier molecular flexibility index (Phi) is 5.63. The van der Waals surface area contributed by atoms with Crippen molar-refractivity contribution < 1.29 is 24.1 Å². The van der Waals surface area contributed by atoms with E-state index in [1.165, 1.54) is 25.7 Å². The second-order valence-electron chi connectivity index (χ2n) is 8.01. The summed E-state index contributed by atoms with van der Waals surface area (Å²) in [6.45, 7) is 6.97. The fraction of sp³-hybridized carbons (Fsp3) is 0.842. The first-order valence-electron chi connectivity index (χ1n) is 9.26. The molecule has 3 fully saturated rings. The molecule has 0 radical (unpaired) electrons. The highest BCUT2D eigenvalue weighted by molar-refractivity contribution is 5.81. The zero-order chi connectivity index (χ0) is 17.2. The van der Waals surface area contributed by atoms with E-state index in [0.717, 1.165) is 18.4 Å². The number of ether oxygens (including phenoxy) is 3. The Hall–Kier alpha value is -0.910. The van der Waals surface area contributed by atoms with Crippen molar-refractivity contribution >= 4 is 5.97 Å². The van der Waals surface area contributed by atoms with Crippen molar-refractivity contribution in [2.75, 3.05) is 13.2 Å². The van der Waals surface area contributed by atoms with Gasteiger partial charge in [0.15, 0.2) is 6.29 Å². The monoisotopic (exact) mass is 338 g/mol. The van der Waals surface area contributed by atoms with E-state index >= 15 is 0 Å². The summed E-state index contributed by atoms with van der Waals surface area (Å²) in [5, 5.41) is 10.1. The van der Waals surface area contributed by atoms with Crippen LogP contribution < -0.4 is 0 Å². The quantitative estimate of drug-likeness (QED) is 0.633. The van der Waals surface area contributed by atoms with Crippen molar-refractivity contribution in [2.45, 2.75) is 70.4 Å². The van der Waals surface area contributed by atoms with Crippen LogP contribution in [0.3, 0.4) is 0 Å². The first kappa shape index (κ1) is 17.9. The van der Waals surface area contributed by atoms with Gasteiger partial charge in [-0.15, -0.1) is 0 Å². The SMILES string of the molecule is C=CC(=O)OC1CC2(CCC1O)COC(C1CCCC(C)C1)OC2. The van der Waals surface area contributed by atoms with Gasteiger partial charge in [-0.05, 0) is 38.0 Å². The van der Waals surface area contributed by atoms with Crippen LogP contribution in [0.15, 0.2) is 12.7 Å². The van der Waals surface area contributed by atoms with Crippen LogP contribution in [0, 0.1) is 17.3 Å². The largest absolute Gasteiger partial charge is 0.456 e. The average molecular weight is 338 g/mol. The summed E-state index contributed by atoms with van der Waals surface area (Å²) in [7, 11) is 0. The molecule has 2 aliphatic carbocycles. The van der Waals surface area contributed by atoms with Crippen molar-refractivity contribution in [1.82, 2.24) is 0 Å². The van der Waals surface area contributed by atoms with E-state index in [4.69, 9.17) is 14.2 Å². The minimum atomic E-state index is -0.614. The lowest BCUT2D eigenvalue weighted by Gasteiger charge is -2.47. The van der Waals surface area contributed by atoms with Gasteiger partial charge in [0.2, 0.25) is 0 Å². The van der Waals surface area contributed by atoms with E-state index in [2.05, 4.69) is 13.5 Å². The van der Waals surface area contributed by atoms with E-state index in [9.17, 15) is 9.90 Å². The Balaban J connectivity index is 1.56. The normalized spacial score (nSPS) is 43.3. The van der Waals surface area contributed by atoms with Crippen LogP contribution in [-0.4, -0.2) is 42.8 Å². The lowest BCUT2D eigenvalue weighted by atomic mass is 9.72. The minimum Gasteiger partial charge on any atom is -0.456 e. The first-order chi connectivity index (χ1) is 11.5. The van der Waals surface area contributed by atoms with Gasteiger partial charge in [0.25, 0.3) is 0 Å². The second-order valence-corrected chi connectivity index (χ2v) is 8.01. The van der Waals surface area contributed by atoms with Gasteiger partial charge in [-0.3, -0.25) is 0 Å². The third kappa shape index (κ3) is 4.01. The molecule has 4 unspecified atom stereocenters. The molecule has 2 saturated carbocycles. The van der Waals surface area contributed by atoms with Gasteiger partial charge < -0.3 is 19.3 Å². The molecular weight excluding hydrogens is 308 g/mol. The van der Waals surface area contributed by atoms with Gasteiger partial charge in [-0.2, -0.15) is 0 Å². The van der Waals surface area contributed by atoms with Crippen LogP contribution >= 0.6 is 0 Å². The average Bonchev–Trinajstić information content (AvgIpc) is 2.59. The van der Waals surface area contributed by atoms with E-state index < -0.39 is 18.2 Å². The van der Waals surface area contributed by atoms with Crippen LogP contribution in [0.4, 0.5) is 0 Å². The van der Waals surface area contributed by atoms with Gasteiger partial charge in [0, 0.05) is 17.4 Å². The molecule has 1 saturated heterocycles. The number of rotatable bonds is 3. The lowest BCUT2D eigenvalue weighted by molar-refractivity contribution is -0.268. The van der Waals surface area contributed by atoms with Crippen LogP contribution in [0.2, 0.25) is 0 Å². The van der Waals surface area contributed by atoms with E-state index in [-0.39, 0.29) is 11.7 Å². The molecule has 24 heavy (non-hydrogen) atoms. The maximum atomic E-state index is 11.5. The summed E-state index contributed by atoms with van der Waals surface area (Å²) >= 11 is 0. The van der Waals surface area contributed by atoms with Crippen LogP contribution in [0.5, 0.6) is 0 Å². The molecule has 0 bridgehead atoms. The molecule has 0 aromatic rings. The fourth-order valence-electron chi connectivity index (χ4n) is 4.49. The predicted molar refractivity (Wildman–Crippen MR) is 89.2 cm³/mol. The second kappa shape index (κ2) is 7.54. The number of carbonyl (C=O) groups excluding carboxylic acids is 1. The van der Waals surface area contributed by atoms with Crippen molar-refractivity contribution in [1.29, 1.82) is 0 Å². The van der Waals surface area contributed by atoms with Crippen LogP contribution in [0.25, 0.3) is 0 Å². The summed E-state index contributed by atoms with van der Waals surface area (Å²) in [6.07, 6.45) is 6.88. The molecule has 136 valence electrons. The van der Waals surface area contributed by atoms with Gasteiger partial charge in [0.1, 0.15) is 6.10 Å². The Bertz CT molecular complexity index is 455. The first-order valence-corrected chi connectivity index (χ1v) is 9.26. The minimum absolute atomic E-state index is 0.0978. The summed E-state index contributed by atoms with van der Waals surface area (Å²) < 4.78 is 17.5. The van der Waals surface area contributed by atoms with Crippen molar-refractivity contribution in [2.24, 2.45) is 17.3 Å². The third-order valence-electron chi connectivity index (χ3n) is 5.94. The summed E-state index contributed by atoms with van der Waals surface area (Å²) in [4.78, 5) is 11.5. The van der Waals surface area contributed by atoms with E-state index in [1.54, 1.807) is 0 Å². The molecule has 4 atom stereocenters. The molecule has 0 amide bonds. The summed E-state index contributed by atoms with van der Waals surface area (Å²) in [5.41, 5.74) is -0.151. The smallest absolute Gasteiger partial charge is 0.330 e. The molecule has 5 nitrogen and oxygen atoms in total. The van der Waals surface area contributed by atoms with E-state index in [0.29, 0.717) is 32.0 Å². The number of hydrogen-bond donors (Lipinski definition) is 1. The molecule has 0 aromatic heterocycles. The molecule has 1 N–H and O–H groups in total. The van der Waals surface area contributed by atoms with Gasteiger partial charge in [-0.1, -0.05) is 26.3 Å². The predicted octanol–water partition coefficient (Wildman–Crippen LogP) is 2.81. The number of hydrogen-bond acceptors (Lipinski definition) is 5.